The Labute approximate surface area is 194 Å². The van der Waals surface area contributed by atoms with E-state index < -0.39 is 10.0 Å². The van der Waals surface area contributed by atoms with Gasteiger partial charge in [-0.2, -0.15) is 0 Å². The molecular weight excluding hydrogens is 504 g/mol. The number of hydrogen-bond acceptors (Lipinski definition) is 4. The molecule has 0 aromatic heterocycles. The minimum Gasteiger partial charge on any atom is -0.484 e. The maximum absolute atomic E-state index is 12.5. The van der Waals surface area contributed by atoms with E-state index in [1.165, 1.54) is 24.3 Å². The third-order valence-corrected chi connectivity index (χ3v) is 6.53. The van der Waals surface area contributed by atoms with E-state index in [2.05, 4.69) is 26.0 Å². The van der Waals surface area contributed by atoms with Crippen molar-refractivity contribution in [1.82, 2.24) is 5.32 Å². The van der Waals surface area contributed by atoms with Crippen molar-refractivity contribution < 1.29 is 17.9 Å². The number of amides is 1. The maximum Gasteiger partial charge on any atom is 0.261 e. The Kier molecular flexibility index (Phi) is 7.59. The Morgan fingerprint density at radius 1 is 1.00 bits per heavy atom. The van der Waals surface area contributed by atoms with Crippen LogP contribution in [0.15, 0.2) is 82.2 Å². The monoisotopic (exact) mass is 522 g/mol. The van der Waals surface area contributed by atoms with Gasteiger partial charge in [0.15, 0.2) is 6.61 Å². The Hall–Kier alpha value is -2.55. The number of benzene rings is 3. The van der Waals surface area contributed by atoms with Crippen LogP contribution in [0.5, 0.6) is 5.75 Å². The van der Waals surface area contributed by atoms with Crippen molar-refractivity contribution >= 4 is 49.1 Å². The molecule has 0 bridgehead atoms. The molecule has 3 aromatic carbocycles. The Morgan fingerprint density at radius 2 is 1.61 bits per heavy atom. The number of carbonyl (C=O) groups excluding carboxylic acids is 1. The average Bonchev–Trinajstić information content (AvgIpc) is 2.74. The molecule has 0 aliphatic rings. The number of nitrogens with one attached hydrogen (secondary N) is 2. The molecule has 0 saturated carbocycles. The summed E-state index contributed by atoms with van der Waals surface area (Å²) in [5.41, 5.74) is 1.38. The minimum absolute atomic E-state index is 0.0866. The van der Waals surface area contributed by atoms with Crippen LogP contribution >= 0.6 is 27.5 Å². The predicted molar refractivity (Wildman–Crippen MR) is 125 cm³/mol. The van der Waals surface area contributed by atoms with Crippen molar-refractivity contribution in [3.63, 3.8) is 0 Å². The molecule has 162 valence electrons. The summed E-state index contributed by atoms with van der Waals surface area (Å²) in [4.78, 5) is 12.2. The molecule has 0 aliphatic heterocycles. The molecule has 0 heterocycles. The molecule has 3 aromatic rings. The first-order valence-corrected chi connectivity index (χ1v) is 11.9. The Bertz CT molecular complexity index is 1140. The molecule has 9 heteroatoms. The summed E-state index contributed by atoms with van der Waals surface area (Å²) >= 11 is 9.18. The summed E-state index contributed by atoms with van der Waals surface area (Å²) in [6.07, 6.45) is 0. The molecule has 31 heavy (non-hydrogen) atoms. The van der Waals surface area contributed by atoms with E-state index in [-0.39, 0.29) is 23.5 Å². The van der Waals surface area contributed by atoms with Gasteiger partial charge in [0.1, 0.15) is 5.75 Å². The third kappa shape index (κ3) is 6.72. The SMILES string of the molecule is C[C@H](NC(=O)COc1ccc(S(=O)(=O)Nc2ccc(Br)cc2)cc1)c1ccc(Cl)cc1. The van der Waals surface area contributed by atoms with Gasteiger partial charge in [-0.3, -0.25) is 9.52 Å². The second-order valence-corrected chi connectivity index (χ2v) is 9.75. The minimum atomic E-state index is -3.73. The molecule has 0 unspecified atom stereocenters. The van der Waals surface area contributed by atoms with Gasteiger partial charge in [-0.05, 0) is 73.2 Å². The van der Waals surface area contributed by atoms with Crippen LogP contribution in [0.2, 0.25) is 5.02 Å². The second-order valence-electron chi connectivity index (χ2n) is 6.71. The number of rotatable bonds is 8. The van der Waals surface area contributed by atoms with E-state index >= 15 is 0 Å². The number of hydrogen-bond donors (Lipinski definition) is 2. The molecule has 3 rings (SSSR count). The molecule has 0 radical (unpaired) electrons. The van der Waals surface area contributed by atoms with Crippen molar-refractivity contribution in [2.24, 2.45) is 0 Å². The van der Waals surface area contributed by atoms with Crippen LogP contribution in [0.1, 0.15) is 18.5 Å². The van der Waals surface area contributed by atoms with Crippen molar-refractivity contribution in [2.45, 2.75) is 17.9 Å². The van der Waals surface area contributed by atoms with Crippen LogP contribution in [-0.4, -0.2) is 20.9 Å². The lowest BCUT2D eigenvalue weighted by atomic mass is 10.1. The molecule has 6 nitrogen and oxygen atoms in total. The topological polar surface area (TPSA) is 84.5 Å². The fourth-order valence-corrected chi connectivity index (χ4v) is 4.16. The smallest absolute Gasteiger partial charge is 0.261 e. The maximum atomic E-state index is 12.5. The van der Waals surface area contributed by atoms with Gasteiger partial charge in [-0.15, -0.1) is 0 Å². The summed E-state index contributed by atoms with van der Waals surface area (Å²) in [7, 11) is -3.73. The summed E-state index contributed by atoms with van der Waals surface area (Å²) in [6.45, 7) is 1.67. The van der Waals surface area contributed by atoms with Gasteiger partial charge in [0.05, 0.1) is 10.9 Å². The molecular formula is C22H20BrClN2O4S. The van der Waals surface area contributed by atoms with Crippen molar-refractivity contribution in [3.05, 3.63) is 87.9 Å². The normalized spacial score (nSPS) is 12.1. The van der Waals surface area contributed by atoms with Gasteiger partial charge in [-0.25, -0.2) is 8.42 Å². The zero-order valence-electron chi connectivity index (χ0n) is 16.5. The lowest BCUT2D eigenvalue weighted by molar-refractivity contribution is -0.123. The van der Waals surface area contributed by atoms with Crippen LogP contribution in [-0.2, 0) is 14.8 Å². The highest BCUT2D eigenvalue weighted by Gasteiger charge is 2.15. The quantitative estimate of drug-likeness (QED) is 0.427. The highest BCUT2D eigenvalue weighted by Crippen LogP contribution is 2.21. The number of anilines is 1. The van der Waals surface area contributed by atoms with Gasteiger partial charge in [-0.1, -0.05) is 39.7 Å². The highest BCUT2D eigenvalue weighted by atomic mass is 79.9. The van der Waals surface area contributed by atoms with E-state index in [0.29, 0.717) is 16.5 Å². The average molecular weight is 524 g/mol. The standard InChI is InChI=1S/C22H20BrClN2O4S/c1-15(16-2-6-18(24)7-3-16)25-22(27)14-30-20-10-12-21(13-11-20)31(28,29)26-19-8-4-17(23)5-9-19/h2-13,15,26H,14H2,1H3,(H,25,27)/t15-/m0/s1. The third-order valence-electron chi connectivity index (χ3n) is 4.35. The van der Waals surface area contributed by atoms with Crippen molar-refractivity contribution in [1.29, 1.82) is 0 Å². The van der Waals surface area contributed by atoms with Crippen molar-refractivity contribution in [3.8, 4) is 5.75 Å². The molecule has 2 N–H and O–H groups in total. The Morgan fingerprint density at radius 3 is 2.23 bits per heavy atom. The summed E-state index contributed by atoms with van der Waals surface area (Å²) in [5, 5.41) is 3.46. The zero-order valence-corrected chi connectivity index (χ0v) is 19.7. The van der Waals surface area contributed by atoms with Crippen LogP contribution in [0.25, 0.3) is 0 Å². The number of ether oxygens (including phenoxy) is 1. The molecule has 0 saturated heterocycles. The van der Waals surface area contributed by atoms with Crippen LogP contribution < -0.4 is 14.8 Å². The number of halogens is 2. The second kappa shape index (κ2) is 10.2. The Balaban J connectivity index is 1.54. The summed E-state index contributed by atoms with van der Waals surface area (Å²) < 4.78 is 33.8. The van der Waals surface area contributed by atoms with E-state index in [0.717, 1.165) is 10.0 Å². The van der Waals surface area contributed by atoms with Crippen LogP contribution in [0.3, 0.4) is 0 Å². The number of sulfonamides is 1. The highest BCUT2D eigenvalue weighted by molar-refractivity contribution is 9.10. The number of carbonyl (C=O) groups is 1. The summed E-state index contributed by atoms with van der Waals surface area (Å²) in [6, 6.07) is 19.7. The first kappa shape index (κ1) is 23.1. The molecule has 1 amide bonds. The fraction of sp³-hybridized carbons (Fsp3) is 0.136. The molecule has 0 spiro atoms. The van der Waals surface area contributed by atoms with Crippen molar-refractivity contribution in [2.75, 3.05) is 11.3 Å². The molecule has 0 aliphatic carbocycles. The lowest BCUT2D eigenvalue weighted by Gasteiger charge is -2.15. The van der Waals surface area contributed by atoms with Gasteiger partial charge in [0.25, 0.3) is 15.9 Å². The summed E-state index contributed by atoms with van der Waals surface area (Å²) in [5.74, 6) is 0.0907. The van der Waals surface area contributed by atoms with Gasteiger partial charge in [0, 0.05) is 15.2 Å². The van der Waals surface area contributed by atoms with E-state index in [9.17, 15) is 13.2 Å². The van der Waals surface area contributed by atoms with Crippen LogP contribution in [0.4, 0.5) is 5.69 Å². The largest absolute Gasteiger partial charge is 0.484 e. The first-order valence-electron chi connectivity index (χ1n) is 9.29. The van der Waals surface area contributed by atoms with Crippen LogP contribution in [0, 0.1) is 0 Å². The van der Waals surface area contributed by atoms with E-state index in [4.69, 9.17) is 16.3 Å². The van der Waals surface area contributed by atoms with Gasteiger partial charge < -0.3 is 10.1 Å². The van der Waals surface area contributed by atoms with E-state index in [1.54, 1.807) is 36.4 Å². The lowest BCUT2D eigenvalue weighted by Crippen LogP contribution is -2.31. The van der Waals surface area contributed by atoms with Gasteiger partial charge >= 0.3 is 0 Å². The first-order chi connectivity index (χ1) is 14.7. The predicted octanol–water partition coefficient (Wildman–Crippen LogP) is 5.16. The molecule has 1 atom stereocenters. The van der Waals surface area contributed by atoms with Gasteiger partial charge in [0.2, 0.25) is 0 Å². The fourth-order valence-electron chi connectivity index (χ4n) is 2.71. The van der Waals surface area contributed by atoms with E-state index in [1.807, 2.05) is 19.1 Å². The molecule has 0 fully saturated rings. The zero-order chi connectivity index (χ0) is 22.4.